The quantitative estimate of drug-likeness (QED) is 0.758. The van der Waals surface area contributed by atoms with Crippen LogP contribution in [0.2, 0.25) is 0 Å². The van der Waals surface area contributed by atoms with Gasteiger partial charge in [-0.15, -0.1) is 0 Å². The van der Waals surface area contributed by atoms with Crippen molar-refractivity contribution in [2.45, 2.75) is 17.6 Å². The highest BCUT2D eigenvalue weighted by Gasteiger charge is 2.62. The van der Waals surface area contributed by atoms with Crippen LogP contribution in [0.15, 0.2) is 30.3 Å². The lowest BCUT2D eigenvalue weighted by Crippen LogP contribution is -2.70. The van der Waals surface area contributed by atoms with Gasteiger partial charge in [-0.05, 0) is 31.4 Å². The van der Waals surface area contributed by atoms with Crippen molar-refractivity contribution >= 4 is 15.9 Å². The van der Waals surface area contributed by atoms with E-state index in [4.69, 9.17) is 0 Å². The van der Waals surface area contributed by atoms with Gasteiger partial charge in [0.25, 0.3) is 0 Å². The molecule has 1 unspecified atom stereocenters. The summed E-state index contributed by atoms with van der Waals surface area (Å²) >= 11 is 0. The second-order valence-corrected chi connectivity index (χ2v) is 11.2. The number of likely N-dealkylation sites (tertiary alicyclic amines) is 1. The van der Waals surface area contributed by atoms with Crippen LogP contribution in [-0.4, -0.2) is 99.1 Å². The van der Waals surface area contributed by atoms with E-state index in [1.54, 1.807) is 4.90 Å². The minimum Gasteiger partial charge on any atom is -0.338 e. The van der Waals surface area contributed by atoms with E-state index < -0.39 is 14.6 Å². The van der Waals surface area contributed by atoms with Gasteiger partial charge in [-0.1, -0.05) is 30.3 Å². The predicted octanol–water partition coefficient (Wildman–Crippen LogP) is 0.675. The highest BCUT2D eigenvalue weighted by atomic mass is 32.2. The molecule has 3 fully saturated rings. The number of rotatable bonds is 5. The van der Waals surface area contributed by atoms with Gasteiger partial charge in [0.1, 0.15) is 4.75 Å². The monoisotopic (exact) mass is 420 g/mol. The Morgan fingerprint density at radius 3 is 2.52 bits per heavy atom. The van der Waals surface area contributed by atoms with Crippen LogP contribution in [0.5, 0.6) is 0 Å². The van der Waals surface area contributed by atoms with Crippen LogP contribution in [0.25, 0.3) is 0 Å². The van der Waals surface area contributed by atoms with Gasteiger partial charge in [0.15, 0.2) is 9.84 Å². The maximum atomic E-state index is 12.9. The van der Waals surface area contributed by atoms with Crippen LogP contribution < -0.4 is 5.32 Å². The summed E-state index contributed by atoms with van der Waals surface area (Å²) in [4.78, 5) is 18.9. The van der Waals surface area contributed by atoms with Crippen molar-refractivity contribution in [3.63, 3.8) is 0 Å². The molecule has 0 aliphatic carbocycles. The summed E-state index contributed by atoms with van der Waals surface area (Å²) in [6.07, 6.45) is 1.49. The van der Waals surface area contributed by atoms with Gasteiger partial charge in [0.2, 0.25) is 0 Å². The Labute approximate surface area is 174 Å². The Hall–Kier alpha value is -1.64. The molecule has 3 aliphatic heterocycles. The molecule has 0 bridgehead atoms. The number of amides is 2. The Kier molecular flexibility index (Phi) is 5.86. The summed E-state index contributed by atoms with van der Waals surface area (Å²) in [6.45, 7) is 6.11. The third kappa shape index (κ3) is 4.15. The second kappa shape index (κ2) is 8.24. The lowest BCUT2D eigenvalue weighted by atomic mass is 9.83. The van der Waals surface area contributed by atoms with Crippen molar-refractivity contribution in [1.29, 1.82) is 0 Å². The highest BCUT2D eigenvalue weighted by Crippen LogP contribution is 2.45. The van der Waals surface area contributed by atoms with E-state index in [2.05, 4.69) is 22.2 Å². The van der Waals surface area contributed by atoms with Crippen molar-refractivity contribution in [3.8, 4) is 0 Å². The average Bonchev–Trinajstić information content (AvgIpc) is 2.93. The molecule has 8 heteroatoms. The summed E-state index contributed by atoms with van der Waals surface area (Å²) in [5, 5.41) is 2.94. The number of hydrogen-bond acceptors (Lipinski definition) is 5. The van der Waals surface area contributed by atoms with E-state index in [-0.39, 0.29) is 17.7 Å². The van der Waals surface area contributed by atoms with Crippen molar-refractivity contribution in [2.24, 2.45) is 5.92 Å². The molecule has 4 rings (SSSR count). The first-order valence-electron chi connectivity index (χ1n) is 10.6. The molecule has 0 saturated carbocycles. The molecule has 160 valence electrons. The molecular weight excluding hydrogens is 388 g/mol. The number of sulfone groups is 1. The van der Waals surface area contributed by atoms with Gasteiger partial charge in [0, 0.05) is 52.4 Å². The number of likely N-dealkylation sites (N-methyl/N-ethyl adjacent to an activating group) is 1. The number of piperazine rings is 1. The number of nitrogens with one attached hydrogen (secondary N) is 1. The van der Waals surface area contributed by atoms with E-state index in [9.17, 15) is 13.2 Å². The molecule has 3 saturated heterocycles. The third-order valence-corrected chi connectivity index (χ3v) is 9.51. The van der Waals surface area contributed by atoms with Gasteiger partial charge in [-0.3, -0.25) is 0 Å². The maximum Gasteiger partial charge on any atom is 0.317 e. The summed E-state index contributed by atoms with van der Waals surface area (Å²) in [6, 6.07) is 9.88. The zero-order valence-electron chi connectivity index (χ0n) is 17.2. The zero-order valence-corrected chi connectivity index (χ0v) is 18.0. The van der Waals surface area contributed by atoms with E-state index in [1.807, 2.05) is 30.3 Å². The van der Waals surface area contributed by atoms with Crippen LogP contribution in [0, 0.1) is 5.92 Å². The van der Waals surface area contributed by atoms with Crippen LogP contribution in [0.3, 0.4) is 0 Å². The minimum absolute atomic E-state index is 0.129. The average molecular weight is 421 g/mol. The molecule has 1 aromatic carbocycles. The predicted molar refractivity (Wildman–Crippen MR) is 114 cm³/mol. The molecule has 0 aromatic heterocycles. The minimum atomic E-state index is -3.15. The molecule has 1 atom stereocenters. The lowest BCUT2D eigenvalue weighted by molar-refractivity contribution is 0.0747. The van der Waals surface area contributed by atoms with Crippen LogP contribution in [-0.2, 0) is 16.3 Å². The van der Waals surface area contributed by atoms with Gasteiger partial charge >= 0.3 is 6.03 Å². The SMILES string of the molecule is CN1CCN(CC2CCS(=O)(=O)C23CN(C(=O)NCCc2ccccc2)C3)CC1. The number of carbonyl (C=O) groups excluding carboxylic acids is 1. The van der Waals surface area contributed by atoms with Crippen LogP contribution in [0.4, 0.5) is 4.79 Å². The van der Waals surface area contributed by atoms with Gasteiger partial charge in [-0.25, -0.2) is 13.2 Å². The first-order chi connectivity index (χ1) is 13.9. The normalized spacial score (nSPS) is 26.4. The van der Waals surface area contributed by atoms with E-state index in [0.29, 0.717) is 19.6 Å². The van der Waals surface area contributed by atoms with Crippen LogP contribution >= 0.6 is 0 Å². The molecule has 7 nitrogen and oxygen atoms in total. The molecule has 3 aliphatic rings. The fourth-order valence-corrected chi connectivity index (χ4v) is 7.29. The third-order valence-electron chi connectivity index (χ3n) is 6.91. The Morgan fingerprint density at radius 2 is 1.83 bits per heavy atom. The molecule has 2 amide bonds. The summed E-state index contributed by atoms with van der Waals surface area (Å²) in [5.74, 6) is 0.388. The molecule has 3 heterocycles. The van der Waals surface area contributed by atoms with E-state index >= 15 is 0 Å². The Morgan fingerprint density at radius 1 is 1.14 bits per heavy atom. The maximum absolute atomic E-state index is 12.9. The molecule has 1 aromatic rings. The fourth-order valence-electron chi connectivity index (χ4n) is 4.89. The number of nitrogens with zero attached hydrogens (tertiary/aromatic N) is 3. The van der Waals surface area contributed by atoms with Crippen molar-refractivity contribution in [1.82, 2.24) is 20.0 Å². The van der Waals surface area contributed by atoms with Crippen molar-refractivity contribution < 1.29 is 13.2 Å². The number of hydrogen-bond donors (Lipinski definition) is 1. The summed E-state index contributed by atoms with van der Waals surface area (Å²) < 4.78 is 25.0. The van der Waals surface area contributed by atoms with Crippen molar-refractivity contribution in [2.75, 3.05) is 65.2 Å². The number of urea groups is 1. The van der Waals surface area contributed by atoms with E-state index in [0.717, 1.165) is 45.6 Å². The molecule has 1 spiro atoms. The standard InChI is InChI=1S/C21H32N4O3S/c1-23-10-12-24(13-11-23)15-19-8-14-29(27,28)21(19)16-25(17-21)20(26)22-9-7-18-5-3-2-4-6-18/h2-6,19H,7-17H2,1H3,(H,22,26). The van der Waals surface area contributed by atoms with Crippen molar-refractivity contribution in [3.05, 3.63) is 35.9 Å². The Balaban J connectivity index is 1.31. The molecule has 1 N–H and O–H groups in total. The number of benzene rings is 1. The molecular formula is C21H32N4O3S. The number of carbonyl (C=O) groups is 1. The highest BCUT2D eigenvalue weighted by molar-refractivity contribution is 7.93. The topological polar surface area (TPSA) is 73.0 Å². The second-order valence-electron chi connectivity index (χ2n) is 8.80. The summed E-state index contributed by atoms with van der Waals surface area (Å²) in [5.41, 5.74) is 1.18. The van der Waals surface area contributed by atoms with Crippen LogP contribution in [0.1, 0.15) is 12.0 Å². The zero-order chi connectivity index (χ0) is 20.5. The molecule has 29 heavy (non-hydrogen) atoms. The molecule has 0 radical (unpaired) electrons. The first kappa shape index (κ1) is 20.6. The van der Waals surface area contributed by atoms with E-state index in [1.165, 1.54) is 5.56 Å². The van der Waals surface area contributed by atoms with Gasteiger partial charge in [0.05, 0.1) is 5.75 Å². The smallest absolute Gasteiger partial charge is 0.317 e. The fraction of sp³-hybridized carbons (Fsp3) is 0.667. The largest absolute Gasteiger partial charge is 0.338 e. The summed E-state index contributed by atoms with van der Waals surface area (Å²) in [7, 11) is -1.03. The Bertz CT molecular complexity index is 816. The first-order valence-corrected chi connectivity index (χ1v) is 12.2. The van der Waals surface area contributed by atoms with Gasteiger partial charge < -0.3 is 20.0 Å². The van der Waals surface area contributed by atoms with Gasteiger partial charge in [-0.2, -0.15) is 0 Å². The lowest BCUT2D eigenvalue weighted by Gasteiger charge is -2.50.